The zero-order chi connectivity index (χ0) is 21.1. The highest BCUT2D eigenvalue weighted by molar-refractivity contribution is 7.80. The minimum atomic E-state index is -0.00221. The molecule has 0 saturated carbocycles. The molecule has 1 N–H and O–H groups in total. The third-order valence-corrected chi connectivity index (χ3v) is 6.20. The van der Waals surface area contributed by atoms with Gasteiger partial charge in [0.25, 0.3) is 0 Å². The van der Waals surface area contributed by atoms with E-state index >= 15 is 0 Å². The molecule has 1 fully saturated rings. The van der Waals surface area contributed by atoms with Crippen LogP contribution in [0.4, 0.5) is 5.69 Å². The van der Waals surface area contributed by atoms with Gasteiger partial charge >= 0.3 is 0 Å². The van der Waals surface area contributed by atoms with Crippen LogP contribution < -0.4 is 5.32 Å². The average molecular weight is 422 g/mol. The number of rotatable bonds is 4. The lowest BCUT2D eigenvalue weighted by Gasteiger charge is -2.36. The number of carbonyl (C=O) groups is 1. The Bertz CT molecular complexity index is 1080. The topological polar surface area (TPSA) is 61.4 Å². The second kappa shape index (κ2) is 8.92. The number of carbonyl (C=O) groups excluding carboxylic acids is 1. The number of piperidine rings is 1. The van der Waals surface area contributed by atoms with Gasteiger partial charge in [-0.3, -0.25) is 14.8 Å². The van der Waals surface area contributed by atoms with Crippen LogP contribution in [0, 0.1) is 5.92 Å². The van der Waals surface area contributed by atoms with E-state index in [-0.39, 0.29) is 11.8 Å². The van der Waals surface area contributed by atoms with Crippen LogP contribution in [-0.2, 0) is 4.79 Å². The fourth-order valence-electron chi connectivity index (χ4n) is 4.23. The summed E-state index contributed by atoms with van der Waals surface area (Å²) in [6.45, 7) is 7.08. The van der Waals surface area contributed by atoms with Crippen LogP contribution in [0.2, 0.25) is 0 Å². The molecule has 2 aromatic heterocycles. The molecule has 3 heterocycles. The van der Waals surface area contributed by atoms with Crippen molar-refractivity contribution in [3.63, 3.8) is 0 Å². The van der Waals surface area contributed by atoms with Crippen molar-refractivity contribution >= 4 is 50.7 Å². The van der Waals surface area contributed by atoms with E-state index in [1.807, 2.05) is 43.0 Å². The normalized spacial score (nSPS) is 16.6. The number of anilines is 1. The van der Waals surface area contributed by atoms with E-state index in [4.69, 9.17) is 12.2 Å². The summed E-state index contributed by atoms with van der Waals surface area (Å²) in [5.41, 5.74) is 2.65. The average Bonchev–Trinajstić information content (AvgIpc) is 2.80. The monoisotopic (exact) mass is 421 g/mol. The van der Waals surface area contributed by atoms with E-state index in [1.54, 1.807) is 12.4 Å². The summed E-state index contributed by atoms with van der Waals surface area (Å²) in [6, 6.07) is 9.98. The van der Waals surface area contributed by atoms with Crippen molar-refractivity contribution in [3.8, 4) is 0 Å². The van der Waals surface area contributed by atoms with Crippen molar-refractivity contribution in [1.82, 2.24) is 19.8 Å². The first kappa shape index (κ1) is 20.5. The maximum atomic E-state index is 12.8. The maximum absolute atomic E-state index is 12.8. The molecule has 1 atom stereocenters. The van der Waals surface area contributed by atoms with Crippen LogP contribution in [-0.4, -0.2) is 57.0 Å². The zero-order valence-electron chi connectivity index (χ0n) is 17.5. The van der Waals surface area contributed by atoms with E-state index in [1.165, 1.54) is 0 Å². The third kappa shape index (κ3) is 3.94. The standard InChI is InChI=1S/C23H27N5OS/c1-3-27(4-2)22(29)17-9-7-13-28(15-17)23(30)26-19-14-16-8-5-11-24-20(16)21-18(19)10-6-12-25-21/h5-6,8,10-12,14,17H,3-4,7,9,13,15H2,1-2H3,(H,26,30)/t17-/m1/s1. The quantitative estimate of drug-likeness (QED) is 0.506. The minimum Gasteiger partial charge on any atom is -0.348 e. The molecule has 3 aromatic rings. The molecular formula is C23H27N5OS. The number of aromatic nitrogens is 2. The Kier molecular flexibility index (Phi) is 6.08. The number of nitrogens with zero attached hydrogens (tertiary/aromatic N) is 4. The van der Waals surface area contributed by atoms with Gasteiger partial charge in [-0.05, 0) is 63.2 Å². The van der Waals surface area contributed by atoms with Gasteiger partial charge < -0.3 is 15.1 Å². The molecule has 0 aliphatic carbocycles. The Labute approximate surface area is 182 Å². The number of amides is 1. The summed E-state index contributed by atoms with van der Waals surface area (Å²) in [5.74, 6) is 0.233. The molecule has 156 valence electrons. The van der Waals surface area contributed by atoms with Crippen LogP contribution in [0.15, 0.2) is 42.7 Å². The first-order valence-corrected chi connectivity index (χ1v) is 11.0. The smallest absolute Gasteiger partial charge is 0.227 e. The largest absolute Gasteiger partial charge is 0.348 e. The van der Waals surface area contributed by atoms with Crippen molar-refractivity contribution in [3.05, 3.63) is 42.7 Å². The lowest BCUT2D eigenvalue weighted by molar-refractivity contribution is -0.136. The van der Waals surface area contributed by atoms with Gasteiger partial charge in [0.1, 0.15) is 0 Å². The molecule has 30 heavy (non-hydrogen) atoms. The molecule has 6 nitrogen and oxygen atoms in total. The number of nitrogens with one attached hydrogen (secondary N) is 1. The summed E-state index contributed by atoms with van der Waals surface area (Å²) < 4.78 is 0. The minimum absolute atomic E-state index is 0.00221. The summed E-state index contributed by atoms with van der Waals surface area (Å²) >= 11 is 5.76. The summed E-state index contributed by atoms with van der Waals surface area (Å²) in [4.78, 5) is 25.9. The molecule has 0 radical (unpaired) electrons. The zero-order valence-corrected chi connectivity index (χ0v) is 18.3. The Morgan fingerprint density at radius 2 is 1.93 bits per heavy atom. The second-order valence-electron chi connectivity index (χ2n) is 7.62. The third-order valence-electron chi connectivity index (χ3n) is 5.84. The number of pyridine rings is 2. The van der Waals surface area contributed by atoms with Crippen molar-refractivity contribution in [1.29, 1.82) is 0 Å². The summed E-state index contributed by atoms with van der Waals surface area (Å²) in [5, 5.41) is 6.08. The predicted octanol–water partition coefficient (Wildman–Crippen LogP) is 4.06. The SMILES string of the molecule is CCN(CC)C(=O)[C@@H]1CCCN(C(=S)Nc2cc3cccnc3c3ncccc23)C1. The molecular weight excluding hydrogens is 394 g/mol. The van der Waals surface area contributed by atoms with Gasteiger partial charge in [-0.25, -0.2) is 0 Å². The number of fused-ring (bicyclic) bond motifs is 3. The maximum Gasteiger partial charge on any atom is 0.227 e. The van der Waals surface area contributed by atoms with E-state index in [0.29, 0.717) is 11.7 Å². The second-order valence-corrected chi connectivity index (χ2v) is 8.01. The van der Waals surface area contributed by atoms with Crippen LogP contribution >= 0.6 is 12.2 Å². The lowest BCUT2D eigenvalue weighted by Crippen LogP contribution is -2.47. The van der Waals surface area contributed by atoms with E-state index in [9.17, 15) is 4.79 Å². The van der Waals surface area contributed by atoms with Crippen molar-refractivity contribution in [2.75, 3.05) is 31.5 Å². The van der Waals surface area contributed by atoms with Gasteiger partial charge in [0.2, 0.25) is 5.91 Å². The number of hydrogen-bond acceptors (Lipinski definition) is 4. The van der Waals surface area contributed by atoms with E-state index in [0.717, 1.165) is 60.0 Å². The van der Waals surface area contributed by atoms with Crippen LogP contribution in [0.5, 0.6) is 0 Å². The molecule has 1 aromatic carbocycles. The highest BCUT2D eigenvalue weighted by Crippen LogP contribution is 2.30. The number of hydrogen-bond donors (Lipinski definition) is 1. The van der Waals surface area contributed by atoms with Gasteiger partial charge in [-0.15, -0.1) is 0 Å². The van der Waals surface area contributed by atoms with Gasteiger partial charge in [-0.2, -0.15) is 0 Å². The summed E-state index contributed by atoms with van der Waals surface area (Å²) in [7, 11) is 0. The molecule has 4 rings (SSSR count). The number of thiocarbonyl (C=S) groups is 1. The Morgan fingerprint density at radius 3 is 2.70 bits per heavy atom. The van der Waals surface area contributed by atoms with Crippen molar-refractivity contribution in [2.45, 2.75) is 26.7 Å². The number of likely N-dealkylation sites (tertiary alicyclic amines) is 1. The van der Waals surface area contributed by atoms with E-state index in [2.05, 4.69) is 26.3 Å². The molecule has 0 bridgehead atoms. The molecule has 1 saturated heterocycles. The molecule has 0 spiro atoms. The van der Waals surface area contributed by atoms with Gasteiger partial charge in [-0.1, -0.05) is 6.07 Å². The van der Waals surface area contributed by atoms with E-state index < -0.39 is 0 Å². The van der Waals surface area contributed by atoms with Gasteiger partial charge in [0.15, 0.2) is 5.11 Å². The van der Waals surface area contributed by atoms with Gasteiger partial charge in [0, 0.05) is 49.3 Å². The highest BCUT2D eigenvalue weighted by atomic mass is 32.1. The Hall–Kier alpha value is -2.80. The van der Waals surface area contributed by atoms with Gasteiger partial charge in [0.05, 0.1) is 22.6 Å². The molecule has 1 amide bonds. The van der Waals surface area contributed by atoms with Crippen molar-refractivity contribution < 1.29 is 4.79 Å². The Balaban J connectivity index is 1.57. The fourth-order valence-corrected chi connectivity index (χ4v) is 4.51. The van der Waals surface area contributed by atoms with Crippen molar-refractivity contribution in [2.24, 2.45) is 5.92 Å². The predicted molar refractivity (Wildman–Crippen MR) is 125 cm³/mol. The number of benzene rings is 1. The summed E-state index contributed by atoms with van der Waals surface area (Å²) in [6.07, 6.45) is 5.45. The van der Waals surface area contributed by atoms with Crippen LogP contribution in [0.1, 0.15) is 26.7 Å². The lowest BCUT2D eigenvalue weighted by atomic mass is 9.96. The van der Waals surface area contributed by atoms with Crippen LogP contribution in [0.3, 0.4) is 0 Å². The highest BCUT2D eigenvalue weighted by Gasteiger charge is 2.29. The molecule has 1 aliphatic rings. The first-order chi connectivity index (χ1) is 14.6. The fraction of sp³-hybridized carbons (Fsp3) is 0.391. The Morgan fingerprint density at radius 1 is 1.20 bits per heavy atom. The molecule has 1 aliphatic heterocycles. The first-order valence-electron chi connectivity index (χ1n) is 10.6. The molecule has 0 unspecified atom stereocenters. The molecule has 7 heteroatoms. The van der Waals surface area contributed by atoms with Crippen LogP contribution in [0.25, 0.3) is 21.8 Å².